The summed E-state index contributed by atoms with van der Waals surface area (Å²) in [4.78, 5) is 54.7. The first-order chi connectivity index (χ1) is 31.8. The number of ketones is 3. The minimum absolute atomic E-state index is 0.000877. The first kappa shape index (κ1) is 52.8. The fourth-order valence-corrected chi connectivity index (χ4v) is 9.00. The van der Waals surface area contributed by atoms with Crippen molar-refractivity contribution in [2.24, 2.45) is 5.73 Å². The number of ether oxygens (including phenoxy) is 4. The number of aromatic hydroxyl groups is 2. The lowest BCUT2D eigenvalue weighted by atomic mass is 9.72. The average molecular weight is 926 g/mol. The molecule has 67 heavy (non-hydrogen) atoms. The third kappa shape index (κ3) is 13.3. The number of hydrogen-bond acceptors (Lipinski definition) is 13. The molecule has 6 atom stereocenters. The van der Waals surface area contributed by atoms with Gasteiger partial charge in [0.2, 0.25) is 11.6 Å². The number of benzene rings is 2. The van der Waals surface area contributed by atoms with Gasteiger partial charge in [0.05, 0.1) is 42.1 Å². The Morgan fingerprint density at radius 2 is 1.36 bits per heavy atom. The van der Waals surface area contributed by atoms with Crippen LogP contribution in [0.3, 0.4) is 0 Å². The van der Waals surface area contributed by atoms with Crippen molar-refractivity contribution in [3.8, 4) is 17.2 Å². The Hall–Kier alpha value is -5.18. The molecule has 13 nitrogen and oxygen atoms in total. The van der Waals surface area contributed by atoms with Gasteiger partial charge in [0.15, 0.2) is 18.7 Å². The van der Waals surface area contributed by atoms with E-state index < -0.39 is 102 Å². The van der Waals surface area contributed by atoms with Crippen molar-refractivity contribution < 1.29 is 58.6 Å². The molecular formula is C54H71NO12. The van der Waals surface area contributed by atoms with E-state index in [1.54, 1.807) is 6.92 Å². The SMILES string of the molecule is COc1cccc2c1C(=O)c1c(O)c3c(c(O)c1C2=O)CC(O)(C(=O)COC(=O)CC/C(C)=C/CC/C(C)=C/CC/C=C(\C)CC/C=C(\C)CCC=C(C)C)CC3OC1CC(N)C(O)C(C)O1. The zero-order chi connectivity index (χ0) is 49.2. The van der Waals surface area contributed by atoms with Crippen LogP contribution in [-0.2, 0) is 30.2 Å². The lowest BCUT2D eigenvalue weighted by Crippen LogP contribution is -2.53. The van der Waals surface area contributed by atoms with Gasteiger partial charge in [-0.3, -0.25) is 19.2 Å². The van der Waals surface area contributed by atoms with Crippen molar-refractivity contribution in [2.45, 2.75) is 168 Å². The highest BCUT2D eigenvalue weighted by atomic mass is 16.7. The number of fused-ring (bicyclic) bond motifs is 3. The Morgan fingerprint density at radius 1 is 0.791 bits per heavy atom. The van der Waals surface area contributed by atoms with Gasteiger partial charge in [-0.2, -0.15) is 0 Å². The Balaban J connectivity index is 1.18. The molecule has 2 aliphatic carbocycles. The molecule has 1 aliphatic heterocycles. The van der Waals surface area contributed by atoms with Crippen LogP contribution in [0.5, 0.6) is 17.2 Å². The minimum atomic E-state index is -2.33. The molecule has 2 aromatic carbocycles. The van der Waals surface area contributed by atoms with Gasteiger partial charge in [-0.25, -0.2) is 0 Å². The predicted octanol–water partition coefficient (Wildman–Crippen LogP) is 9.20. The highest BCUT2D eigenvalue weighted by molar-refractivity contribution is 6.31. The number of esters is 1. The number of hydrogen-bond donors (Lipinski definition) is 5. The van der Waals surface area contributed by atoms with Gasteiger partial charge in [0.1, 0.15) is 22.8 Å². The van der Waals surface area contributed by atoms with Gasteiger partial charge in [0, 0.05) is 48.4 Å². The van der Waals surface area contributed by atoms with E-state index in [0.717, 1.165) is 56.9 Å². The summed E-state index contributed by atoms with van der Waals surface area (Å²) >= 11 is 0. The van der Waals surface area contributed by atoms with E-state index >= 15 is 0 Å². The van der Waals surface area contributed by atoms with Crippen LogP contribution in [0.15, 0.2) is 76.4 Å². The molecule has 0 aromatic heterocycles. The maximum Gasteiger partial charge on any atom is 0.306 e. The summed E-state index contributed by atoms with van der Waals surface area (Å²) in [5.41, 5.74) is 8.86. The molecule has 364 valence electrons. The standard InChI is InChI=1S/C54H71NO12/c1-31(2)15-11-18-34(5)21-12-19-32(3)16-9-10-17-33(4)20-13-22-35(6)25-26-43(57)65-30-42(56)54(63)28-38-46(41(29-54)67-44-27-39(55)49(58)36(7)66-44)53(62)48-47(51(38)60)50(59)37-23-14-24-40(64-8)45(37)52(48)61/h14-17,21-24,36,39,41,44,49,58,60,62-63H,9-13,18-20,25-30,55H2,1-8H3/b32-16+,33-17+,34-21+,35-22+. The predicted molar refractivity (Wildman–Crippen MR) is 256 cm³/mol. The number of carbonyl (C=O) groups is 4. The first-order valence-electron chi connectivity index (χ1n) is 23.5. The first-order valence-corrected chi connectivity index (χ1v) is 23.5. The van der Waals surface area contributed by atoms with Crippen LogP contribution in [0.4, 0.5) is 0 Å². The van der Waals surface area contributed by atoms with E-state index in [4.69, 9.17) is 24.7 Å². The van der Waals surface area contributed by atoms with Crippen molar-refractivity contribution >= 4 is 23.3 Å². The lowest BCUT2D eigenvalue weighted by Gasteiger charge is -2.42. The second kappa shape index (κ2) is 23.7. The summed E-state index contributed by atoms with van der Waals surface area (Å²) in [7, 11) is 1.33. The highest BCUT2D eigenvalue weighted by Gasteiger charge is 2.50. The monoisotopic (exact) mass is 925 g/mol. The van der Waals surface area contributed by atoms with Crippen LogP contribution in [-0.4, -0.2) is 87.6 Å². The number of unbranched alkanes of at least 4 members (excludes halogenated alkanes) is 1. The lowest BCUT2D eigenvalue weighted by molar-refractivity contribution is -0.247. The van der Waals surface area contributed by atoms with Crippen molar-refractivity contribution in [3.63, 3.8) is 0 Å². The van der Waals surface area contributed by atoms with Crippen molar-refractivity contribution in [2.75, 3.05) is 13.7 Å². The number of nitrogens with two attached hydrogens (primary N) is 1. The fourth-order valence-electron chi connectivity index (χ4n) is 9.00. The summed E-state index contributed by atoms with van der Waals surface area (Å²) in [6.07, 6.45) is 14.4. The molecule has 0 radical (unpaired) electrons. The van der Waals surface area contributed by atoms with E-state index in [9.17, 15) is 39.6 Å². The summed E-state index contributed by atoms with van der Waals surface area (Å²) in [6, 6.07) is 3.62. The van der Waals surface area contributed by atoms with Crippen LogP contribution in [0, 0.1) is 0 Å². The van der Waals surface area contributed by atoms with E-state index in [0.29, 0.717) is 6.42 Å². The normalized spacial score (nSPS) is 23.3. The number of Topliss-reactive ketones (excluding diaryl/α,β-unsaturated/α-hetero) is 1. The summed E-state index contributed by atoms with van der Waals surface area (Å²) < 4.78 is 22.8. The van der Waals surface area contributed by atoms with Gasteiger partial charge >= 0.3 is 5.97 Å². The molecule has 6 unspecified atom stereocenters. The molecule has 0 amide bonds. The van der Waals surface area contributed by atoms with Crippen LogP contribution in [0.1, 0.15) is 175 Å². The van der Waals surface area contributed by atoms with Crippen LogP contribution < -0.4 is 10.5 Å². The number of carbonyl (C=O) groups excluding carboxylic acids is 4. The largest absolute Gasteiger partial charge is 0.507 e. The van der Waals surface area contributed by atoms with Crippen LogP contribution in [0.25, 0.3) is 0 Å². The van der Waals surface area contributed by atoms with E-state index in [-0.39, 0.29) is 40.8 Å². The second-order valence-corrected chi connectivity index (χ2v) is 18.8. The average Bonchev–Trinajstić information content (AvgIpc) is 3.27. The highest BCUT2D eigenvalue weighted by Crippen LogP contribution is 2.52. The van der Waals surface area contributed by atoms with Crippen molar-refractivity contribution in [3.05, 3.63) is 110 Å². The number of aliphatic hydroxyl groups excluding tert-OH is 1. The summed E-state index contributed by atoms with van der Waals surface area (Å²) in [5, 5.41) is 46.1. The Bertz CT molecular complexity index is 2320. The Morgan fingerprint density at radius 3 is 1.94 bits per heavy atom. The van der Waals surface area contributed by atoms with Gasteiger partial charge in [-0.1, -0.05) is 70.4 Å². The third-order valence-electron chi connectivity index (χ3n) is 13.1. The van der Waals surface area contributed by atoms with Gasteiger partial charge in [-0.05, 0) is 112 Å². The van der Waals surface area contributed by atoms with Gasteiger partial charge in [-0.15, -0.1) is 0 Å². The number of aliphatic hydroxyl groups is 2. The molecular weight excluding hydrogens is 855 g/mol. The number of phenolic OH excluding ortho intramolecular Hbond substituents is 2. The summed E-state index contributed by atoms with van der Waals surface area (Å²) in [6.45, 7) is 13.5. The minimum Gasteiger partial charge on any atom is -0.507 e. The molecule has 13 heteroatoms. The fraction of sp³-hybridized carbons (Fsp3) is 0.519. The maximum absolute atomic E-state index is 14.0. The molecule has 3 aliphatic rings. The zero-order valence-electron chi connectivity index (χ0n) is 40.5. The van der Waals surface area contributed by atoms with Crippen LogP contribution in [0.2, 0.25) is 0 Å². The number of allylic oxidation sites excluding steroid dienone is 10. The van der Waals surface area contributed by atoms with E-state index in [1.165, 1.54) is 47.6 Å². The van der Waals surface area contributed by atoms with Crippen LogP contribution >= 0.6 is 0 Å². The Labute approximate surface area is 395 Å². The topological polar surface area (TPSA) is 212 Å². The quantitative estimate of drug-likeness (QED) is 0.0292. The van der Waals surface area contributed by atoms with Crippen molar-refractivity contribution in [1.82, 2.24) is 0 Å². The molecule has 0 bridgehead atoms. The number of rotatable bonds is 21. The smallest absolute Gasteiger partial charge is 0.306 e. The molecule has 1 fully saturated rings. The van der Waals surface area contributed by atoms with Gasteiger partial charge < -0.3 is 45.1 Å². The molecule has 6 N–H and O–H groups in total. The third-order valence-corrected chi connectivity index (χ3v) is 13.1. The molecule has 1 saturated heterocycles. The molecule has 0 spiro atoms. The van der Waals surface area contributed by atoms with Crippen molar-refractivity contribution in [1.29, 1.82) is 0 Å². The van der Waals surface area contributed by atoms with Gasteiger partial charge in [0.25, 0.3) is 0 Å². The number of methoxy groups -OCH3 is 1. The summed E-state index contributed by atoms with van der Waals surface area (Å²) in [5.74, 6) is -4.44. The molecule has 2 aromatic rings. The molecule has 1 heterocycles. The second-order valence-electron chi connectivity index (χ2n) is 18.8. The zero-order valence-corrected chi connectivity index (χ0v) is 40.5. The molecule has 5 rings (SSSR count). The van der Waals surface area contributed by atoms with E-state index in [1.807, 2.05) is 6.92 Å². The Kier molecular flexibility index (Phi) is 18.7. The number of phenols is 2. The molecule has 0 saturated carbocycles. The maximum atomic E-state index is 14.0. The van der Waals surface area contributed by atoms with E-state index in [2.05, 4.69) is 65.0 Å².